The van der Waals surface area contributed by atoms with Gasteiger partial charge in [0.25, 0.3) is 0 Å². The van der Waals surface area contributed by atoms with E-state index in [0.29, 0.717) is 5.56 Å². The molecule has 15 heavy (non-hydrogen) atoms. The van der Waals surface area contributed by atoms with Gasteiger partial charge in [0, 0.05) is 0 Å². The molecule has 0 aliphatic heterocycles. The van der Waals surface area contributed by atoms with Crippen LogP contribution in [-0.4, -0.2) is 23.3 Å². The maximum Gasteiger partial charge on any atom is 0.347 e. The number of benzene rings is 1. The average molecular weight is 229 g/mol. The molecule has 0 aliphatic carbocycles. The van der Waals surface area contributed by atoms with E-state index < -0.39 is 5.97 Å². The molecule has 0 heterocycles. The van der Waals surface area contributed by atoms with Crippen molar-refractivity contribution in [2.24, 2.45) is 0 Å². The van der Waals surface area contributed by atoms with Crippen LogP contribution in [0.2, 0.25) is 0 Å². The van der Waals surface area contributed by atoms with Gasteiger partial charge in [-0.1, -0.05) is 17.7 Å². The molecule has 0 fully saturated rings. The molecule has 0 radical (unpaired) electrons. The highest BCUT2D eigenvalue weighted by molar-refractivity contribution is 6.42. The number of aromatic hydroxyl groups is 1. The molecule has 0 amide bonds. The zero-order valence-corrected chi connectivity index (χ0v) is 8.65. The van der Waals surface area contributed by atoms with Crippen LogP contribution in [0.1, 0.15) is 5.56 Å². The SMILES string of the molecule is COc1cc(C=C(Cl)C(=O)O)ccc1O. The quantitative estimate of drug-likeness (QED) is 0.778. The van der Waals surface area contributed by atoms with Gasteiger partial charge in [0.05, 0.1) is 7.11 Å². The second-order valence-electron chi connectivity index (χ2n) is 2.73. The van der Waals surface area contributed by atoms with Crippen molar-refractivity contribution in [1.29, 1.82) is 0 Å². The maximum absolute atomic E-state index is 10.4. The molecule has 0 bridgehead atoms. The van der Waals surface area contributed by atoms with Crippen molar-refractivity contribution in [3.8, 4) is 11.5 Å². The van der Waals surface area contributed by atoms with Crippen LogP contribution in [0, 0.1) is 0 Å². The van der Waals surface area contributed by atoms with Crippen molar-refractivity contribution in [2.45, 2.75) is 0 Å². The number of phenolic OH excluding ortho intramolecular Hbond substituents is 1. The number of halogens is 1. The van der Waals surface area contributed by atoms with Crippen LogP contribution >= 0.6 is 11.6 Å². The summed E-state index contributed by atoms with van der Waals surface area (Å²) >= 11 is 5.44. The van der Waals surface area contributed by atoms with Crippen LogP contribution in [0.4, 0.5) is 0 Å². The minimum atomic E-state index is -1.20. The van der Waals surface area contributed by atoms with Crippen LogP contribution in [-0.2, 0) is 4.79 Å². The molecule has 4 nitrogen and oxygen atoms in total. The molecule has 0 spiro atoms. The Balaban J connectivity index is 3.07. The highest BCUT2D eigenvalue weighted by Gasteiger charge is 2.05. The lowest BCUT2D eigenvalue weighted by atomic mass is 10.2. The third-order valence-corrected chi connectivity index (χ3v) is 1.97. The third-order valence-electron chi connectivity index (χ3n) is 1.70. The number of carbonyl (C=O) groups is 1. The Morgan fingerprint density at radius 1 is 1.53 bits per heavy atom. The van der Waals surface area contributed by atoms with E-state index >= 15 is 0 Å². The molecule has 0 aromatic heterocycles. The molecule has 0 atom stereocenters. The normalized spacial score (nSPS) is 11.2. The lowest BCUT2D eigenvalue weighted by Crippen LogP contribution is -1.93. The Hall–Kier alpha value is -1.68. The van der Waals surface area contributed by atoms with E-state index in [1.807, 2.05) is 0 Å². The summed E-state index contributed by atoms with van der Waals surface area (Å²) in [4.78, 5) is 10.4. The fraction of sp³-hybridized carbons (Fsp3) is 0.100. The summed E-state index contributed by atoms with van der Waals surface area (Å²) < 4.78 is 4.86. The standard InChI is InChI=1S/C10H9ClO4/c1-15-9-5-6(2-3-8(9)12)4-7(11)10(13)14/h2-5,12H,1H3,(H,13,14). The maximum atomic E-state index is 10.4. The number of hydrogen-bond acceptors (Lipinski definition) is 3. The minimum Gasteiger partial charge on any atom is -0.504 e. The number of hydrogen-bond donors (Lipinski definition) is 2. The third kappa shape index (κ3) is 2.89. The van der Waals surface area contributed by atoms with E-state index in [2.05, 4.69) is 0 Å². The molecule has 0 unspecified atom stereocenters. The summed E-state index contributed by atoms with van der Waals surface area (Å²) in [5, 5.41) is 17.5. The van der Waals surface area contributed by atoms with Crippen LogP contribution in [0.3, 0.4) is 0 Å². The van der Waals surface area contributed by atoms with Gasteiger partial charge in [0.15, 0.2) is 11.5 Å². The van der Waals surface area contributed by atoms with Gasteiger partial charge >= 0.3 is 5.97 Å². The van der Waals surface area contributed by atoms with Crippen LogP contribution < -0.4 is 4.74 Å². The second kappa shape index (κ2) is 4.70. The summed E-state index contributed by atoms with van der Waals surface area (Å²) in [6, 6.07) is 4.42. The second-order valence-corrected chi connectivity index (χ2v) is 3.14. The van der Waals surface area contributed by atoms with E-state index in [1.54, 1.807) is 0 Å². The van der Waals surface area contributed by atoms with Crippen molar-refractivity contribution in [3.63, 3.8) is 0 Å². The fourth-order valence-electron chi connectivity index (χ4n) is 0.992. The molecule has 2 N–H and O–H groups in total. The molecule has 1 rings (SSSR count). The predicted molar refractivity (Wildman–Crippen MR) is 56.1 cm³/mol. The van der Waals surface area contributed by atoms with Crippen LogP contribution in [0.5, 0.6) is 11.5 Å². The molecular weight excluding hydrogens is 220 g/mol. The lowest BCUT2D eigenvalue weighted by molar-refractivity contribution is -0.131. The van der Waals surface area contributed by atoms with Crippen LogP contribution in [0.15, 0.2) is 23.2 Å². The van der Waals surface area contributed by atoms with Crippen molar-refractivity contribution in [3.05, 3.63) is 28.8 Å². The molecule has 0 aliphatic rings. The number of aliphatic carboxylic acids is 1. The average Bonchev–Trinajstić information content (AvgIpc) is 2.20. The molecule has 1 aromatic carbocycles. The zero-order valence-electron chi connectivity index (χ0n) is 7.90. The predicted octanol–water partition coefficient (Wildman–Crippen LogP) is 2.07. The summed E-state index contributed by atoms with van der Waals surface area (Å²) in [7, 11) is 1.40. The first-order valence-corrected chi connectivity index (χ1v) is 4.40. The van der Waals surface area contributed by atoms with Gasteiger partial charge in [-0.25, -0.2) is 4.79 Å². The number of methoxy groups -OCH3 is 1. The van der Waals surface area contributed by atoms with E-state index in [1.165, 1.54) is 31.4 Å². The zero-order chi connectivity index (χ0) is 11.4. The first kappa shape index (κ1) is 11.4. The molecule has 0 saturated heterocycles. The summed E-state index contributed by atoms with van der Waals surface area (Å²) in [6.45, 7) is 0. The Morgan fingerprint density at radius 3 is 2.73 bits per heavy atom. The van der Waals surface area contributed by atoms with Crippen molar-refractivity contribution >= 4 is 23.6 Å². The summed E-state index contributed by atoms with van der Waals surface area (Å²) in [6.07, 6.45) is 1.27. The van der Waals surface area contributed by atoms with Gasteiger partial charge in [-0.2, -0.15) is 0 Å². The summed E-state index contributed by atoms with van der Waals surface area (Å²) in [5.74, 6) is -0.955. The molecule has 5 heteroatoms. The topological polar surface area (TPSA) is 66.8 Å². The van der Waals surface area contributed by atoms with Gasteiger partial charge in [-0.3, -0.25) is 0 Å². The van der Waals surface area contributed by atoms with Crippen molar-refractivity contribution < 1.29 is 19.7 Å². The first-order valence-electron chi connectivity index (χ1n) is 4.02. The van der Waals surface area contributed by atoms with Gasteiger partial charge in [-0.15, -0.1) is 0 Å². The van der Waals surface area contributed by atoms with Gasteiger partial charge in [0.1, 0.15) is 5.03 Å². The Morgan fingerprint density at radius 2 is 2.20 bits per heavy atom. The van der Waals surface area contributed by atoms with E-state index in [4.69, 9.17) is 21.4 Å². The number of rotatable bonds is 3. The smallest absolute Gasteiger partial charge is 0.347 e. The number of carboxylic acid groups (broad SMARTS) is 1. The monoisotopic (exact) mass is 228 g/mol. The van der Waals surface area contributed by atoms with E-state index in [-0.39, 0.29) is 16.5 Å². The number of phenols is 1. The number of carboxylic acids is 1. The van der Waals surface area contributed by atoms with Crippen molar-refractivity contribution in [2.75, 3.05) is 7.11 Å². The number of ether oxygens (including phenoxy) is 1. The minimum absolute atomic E-state index is 0.0129. The lowest BCUT2D eigenvalue weighted by Gasteiger charge is -2.03. The Bertz CT molecular complexity index is 412. The molecular formula is C10H9ClO4. The first-order chi connectivity index (χ1) is 7.04. The largest absolute Gasteiger partial charge is 0.504 e. The van der Waals surface area contributed by atoms with E-state index in [0.717, 1.165) is 0 Å². The van der Waals surface area contributed by atoms with Gasteiger partial charge in [-0.05, 0) is 23.8 Å². The van der Waals surface area contributed by atoms with E-state index in [9.17, 15) is 9.90 Å². The van der Waals surface area contributed by atoms with Gasteiger partial charge in [0.2, 0.25) is 0 Å². The molecule has 1 aromatic rings. The van der Waals surface area contributed by atoms with Crippen molar-refractivity contribution in [1.82, 2.24) is 0 Å². The highest BCUT2D eigenvalue weighted by Crippen LogP contribution is 2.27. The van der Waals surface area contributed by atoms with Gasteiger partial charge < -0.3 is 14.9 Å². The molecule has 80 valence electrons. The molecule has 0 saturated carbocycles. The highest BCUT2D eigenvalue weighted by atomic mass is 35.5. The Labute approximate surface area is 91.4 Å². The summed E-state index contributed by atoms with van der Waals surface area (Å²) in [5.41, 5.74) is 0.539. The van der Waals surface area contributed by atoms with Crippen LogP contribution in [0.25, 0.3) is 6.08 Å². The fourth-order valence-corrected chi connectivity index (χ4v) is 1.12. The Kier molecular flexibility index (Phi) is 3.57.